The summed E-state index contributed by atoms with van der Waals surface area (Å²) in [5, 5.41) is 0.174. The summed E-state index contributed by atoms with van der Waals surface area (Å²) >= 11 is 11.5. The molecule has 2 aromatic rings. The Kier molecular flexibility index (Phi) is 5.16. The maximum Gasteiger partial charge on any atom is 0.416 e. The molecule has 0 fully saturated rings. The first-order valence-corrected chi connectivity index (χ1v) is 7.17. The fourth-order valence-corrected chi connectivity index (χ4v) is 2.41. The highest BCUT2D eigenvalue weighted by Crippen LogP contribution is 2.29. The van der Waals surface area contributed by atoms with Crippen molar-refractivity contribution in [2.24, 2.45) is 0 Å². The van der Waals surface area contributed by atoms with Gasteiger partial charge in [0.2, 0.25) is 0 Å². The second-order valence-electron chi connectivity index (χ2n) is 4.86. The van der Waals surface area contributed by atoms with Crippen molar-refractivity contribution in [3.63, 3.8) is 0 Å². The molecule has 23 heavy (non-hydrogen) atoms. The summed E-state index contributed by atoms with van der Waals surface area (Å²) in [5.41, 5.74) is 0.0902. The average molecular weight is 363 g/mol. The van der Waals surface area contributed by atoms with Gasteiger partial charge in [-0.15, -0.1) is 0 Å². The van der Waals surface area contributed by atoms with Crippen LogP contribution in [0.4, 0.5) is 13.2 Å². The third kappa shape index (κ3) is 4.59. The van der Waals surface area contributed by atoms with Crippen molar-refractivity contribution in [1.82, 2.24) is 9.88 Å². The first-order valence-electron chi connectivity index (χ1n) is 6.41. The van der Waals surface area contributed by atoms with Gasteiger partial charge in [-0.2, -0.15) is 13.2 Å². The first-order chi connectivity index (χ1) is 10.7. The van der Waals surface area contributed by atoms with Crippen LogP contribution >= 0.6 is 23.2 Å². The first kappa shape index (κ1) is 17.6. The third-order valence-electron chi connectivity index (χ3n) is 3.06. The van der Waals surface area contributed by atoms with Crippen LogP contribution in [-0.2, 0) is 12.7 Å². The largest absolute Gasteiger partial charge is 0.416 e. The maximum absolute atomic E-state index is 12.5. The molecular weight excluding hydrogens is 352 g/mol. The lowest BCUT2D eigenvalue weighted by Gasteiger charge is -2.18. The number of hydrogen-bond acceptors (Lipinski definition) is 2. The van der Waals surface area contributed by atoms with Crippen LogP contribution in [0.2, 0.25) is 10.3 Å². The van der Waals surface area contributed by atoms with E-state index in [9.17, 15) is 18.0 Å². The molecule has 1 heterocycles. The molecule has 0 atom stereocenters. The summed E-state index contributed by atoms with van der Waals surface area (Å²) in [6, 6.07) is 7.37. The Balaban J connectivity index is 2.12. The van der Waals surface area contributed by atoms with Gasteiger partial charge in [-0.3, -0.25) is 4.79 Å². The number of carbonyl (C=O) groups excluding carboxylic acids is 1. The van der Waals surface area contributed by atoms with Crippen molar-refractivity contribution in [3.8, 4) is 0 Å². The molecule has 1 aromatic heterocycles. The highest BCUT2D eigenvalue weighted by atomic mass is 35.5. The Hall–Kier alpha value is -1.79. The van der Waals surface area contributed by atoms with Crippen LogP contribution < -0.4 is 0 Å². The molecule has 8 heteroatoms. The van der Waals surface area contributed by atoms with Gasteiger partial charge in [0.15, 0.2) is 0 Å². The Morgan fingerprint density at radius 3 is 2.13 bits per heavy atom. The summed E-state index contributed by atoms with van der Waals surface area (Å²) in [6.07, 6.45) is -4.38. The molecule has 0 saturated heterocycles. The second-order valence-corrected chi connectivity index (χ2v) is 5.63. The minimum absolute atomic E-state index is 0.0868. The van der Waals surface area contributed by atoms with Gasteiger partial charge in [0, 0.05) is 19.2 Å². The molecular formula is C15H11Cl2F3N2O. The predicted octanol–water partition coefficient (Wildman–Crippen LogP) is 4.68. The maximum atomic E-state index is 12.5. The Labute approximate surface area is 140 Å². The van der Waals surface area contributed by atoms with E-state index in [1.54, 1.807) is 0 Å². The monoisotopic (exact) mass is 362 g/mol. The van der Waals surface area contributed by atoms with Gasteiger partial charge in [-0.25, -0.2) is 4.98 Å². The summed E-state index contributed by atoms with van der Waals surface area (Å²) in [7, 11) is 1.53. The zero-order chi connectivity index (χ0) is 17.2. The normalized spacial score (nSPS) is 11.4. The molecule has 0 aliphatic rings. The topological polar surface area (TPSA) is 33.2 Å². The Morgan fingerprint density at radius 2 is 1.65 bits per heavy atom. The number of alkyl halides is 3. The summed E-state index contributed by atoms with van der Waals surface area (Å²) in [5.74, 6) is -0.365. The van der Waals surface area contributed by atoms with Crippen LogP contribution in [0.3, 0.4) is 0 Å². The highest BCUT2D eigenvalue weighted by Gasteiger charge is 2.30. The van der Waals surface area contributed by atoms with Crippen LogP contribution in [0, 0.1) is 0 Å². The SMILES string of the molecule is CN(Cc1ccc(C(F)(F)F)cc1)C(=O)c1cc(Cl)nc(Cl)c1. The van der Waals surface area contributed by atoms with Crippen molar-refractivity contribution in [2.45, 2.75) is 12.7 Å². The minimum atomic E-state index is -4.38. The number of pyridine rings is 1. The minimum Gasteiger partial charge on any atom is -0.337 e. The number of aromatic nitrogens is 1. The number of carbonyl (C=O) groups is 1. The van der Waals surface area contributed by atoms with Crippen LogP contribution in [0.1, 0.15) is 21.5 Å². The smallest absolute Gasteiger partial charge is 0.337 e. The number of halogens is 5. The molecule has 0 radical (unpaired) electrons. The number of benzene rings is 1. The fraction of sp³-hybridized carbons (Fsp3) is 0.200. The van der Waals surface area contributed by atoms with E-state index in [1.165, 1.54) is 36.2 Å². The predicted molar refractivity (Wildman–Crippen MR) is 81.5 cm³/mol. The van der Waals surface area contributed by atoms with Crippen LogP contribution in [0.25, 0.3) is 0 Å². The average Bonchev–Trinajstić information content (AvgIpc) is 2.45. The second kappa shape index (κ2) is 6.76. The van der Waals surface area contributed by atoms with Gasteiger partial charge in [-0.05, 0) is 29.8 Å². The van der Waals surface area contributed by atoms with Crippen molar-refractivity contribution >= 4 is 29.1 Å². The number of nitrogens with zero attached hydrogens (tertiary/aromatic N) is 2. The van der Waals surface area contributed by atoms with Crippen LogP contribution in [0.5, 0.6) is 0 Å². The standard InChI is InChI=1S/C15H11Cl2F3N2O/c1-22(14(23)10-6-12(16)21-13(17)7-10)8-9-2-4-11(5-3-9)15(18,19)20/h2-7H,8H2,1H3. The zero-order valence-corrected chi connectivity index (χ0v) is 13.4. The molecule has 0 aliphatic heterocycles. The fourth-order valence-electron chi connectivity index (χ4n) is 1.95. The lowest BCUT2D eigenvalue weighted by Crippen LogP contribution is -2.26. The molecule has 1 amide bonds. The molecule has 0 aliphatic carbocycles. The molecule has 2 rings (SSSR count). The van der Waals surface area contributed by atoms with Gasteiger partial charge in [0.05, 0.1) is 5.56 Å². The van der Waals surface area contributed by atoms with Gasteiger partial charge in [-0.1, -0.05) is 35.3 Å². The molecule has 0 bridgehead atoms. The number of rotatable bonds is 3. The Bertz CT molecular complexity index is 697. The van der Waals surface area contributed by atoms with Gasteiger partial charge in [0.25, 0.3) is 5.91 Å². The Morgan fingerprint density at radius 1 is 1.13 bits per heavy atom. The molecule has 1 aromatic carbocycles. The van der Waals surface area contributed by atoms with Gasteiger partial charge in [0.1, 0.15) is 10.3 Å². The van der Waals surface area contributed by atoms with Crippen LogP contribution in [-0.4, -0.2) is 22.8 Å². The van der Waals surface area contributed by atoms with E-state index in [2.05, 4.69) is 4.98 Å². The summed E-state index contributed by atoms with van der Waals surface area (Å²) < 4.78 is 37.5. The van der Waals surface area contributed by atoms with E-state index in [1.807, 2.05) is 0 Å². The number of amides is 1. The van der Waals surface area contributed by atoms with Gasteiger partial charge >= 0.3 is 6.18 Å². The van der Waals surface area contributed by atoms with E-state index in [0.29, 0.717) is 5.56 Å². The molecule has 0 saturated carbocycles. The molecule has 0 spiro atoms. The zero-order valence-electron chi connectivity index (χ0n) is 11.9. The van der Waals surface area contributed by atoms with Crippen molar-refractivity contribution in [2.75, 3.05) is 7.05 Å². The molecule has 0 N–H and O–H groups in total. The van der Waals surface area contributed by atoms with E-state index < -0.39 is 11.7 Å². The summed E-state index contributed by atoms with van der Waals surface area (Å²) in [6.45, 7) is 0.147. The summed E-state index contributed by atoms with van der Waals surface area (Å²) in [4.78, 5) is 17.4. The van der Waals surface area contributed by atoms with Crippen LogP contribution in [0.15, 0.2) is 36.4 Å². The van der Waals surface area contributed by atoms with Crippen molar-refractivity contribution in [3.05, 3.63) is 63.4 Å². The number of hydrogen-bond donors (Lipinski definition) is 0. The van der Waals surface area contributed by atoms with Crippen molar-refractivity contribution < 1.29 is 18.0 Å². The van der Waals surface area contributed by atoms with E-state index in [0.717, 1.165) is 12.1 Å². The van der Waals surface area contributed by atoms with E-state index >= 15 is 0 Å². The molecule has 3 nitrogen and oxygen atoms in total. The third-order valence-corrected chi connectivity index (χ3v) is 3.44. The van der Waals surface area contributed by atoms with Gasteiger partial charge < -0.3 is 4.90 Å². The molecule has 0 unspecified atom stereocenters. The molecule has 122 valence electrons. The van der Waals surface area contributed by atoms with E-state index in [-0.39, 0.29) is 28.3 Å². The lowest BCUT2D eigenvalue weighted by atomic mass is 10.1. The van der Waals surface area contributed by atoms with Crippen molar-refractivity contribution in [1.29, 1.82) is 0 Å². The van der Waals surface area contributed by atoms with E-state index in [4.69, 9.17) is 23.2 Å². The quantitative estimate of drug-likeness (QED) is 0.742. The highest BCUT2D eigenvalue weighted by molar-refractivity contribution is 6.33. The lowest BCUT2D eigenvalue weighted by molar-refractivity contribution is -0.137.